The standard InChI is InChI=1S/2C4H11N5.ClH/c2*1-9(2)4(7)8-3(5)6;/h2*1-2H3,(H5,5,6,7,8);1H. The van der Waals surface area contributed by atoms with Gasteiger partial charge in [-0.05, 0) is 0 Å². The van der Waals surface area contributed by atoms with Crippen LogP contribution in [-0.2, 0) is 0 Å². The molecular weight excluding hydrogens is 272 g/mol. The van der Waals surface area contributed by atoms with E-state index in [0.717, 1.165) is 0 Å². The third-order valence-corrected chi connectivity index (χ3v) is 1.40. The normalized spacial score (nSPS) is 7.79. The lowest BCUT2D eigenvalue weighted by Gasteiger charge is -2.13. The van der Waals surface area contributed by atoms with E-state index in [4.69, 9.17) is 33.1 Å². The maximum absolute atomic E-state index is 7.07. The number of halogens is 1. The number of guanidine groups is 4. The van der Waals surface area contributed by atoms with Crippen molar-refractivity contribution in [1.82, 2.24) is 20.4 Å². The second kappa shape index (κ2) is 10.9. The largest absolute Gasteiger partial charge is 0.370 e. The molecule has 0 aliphatic carbocycles. The van der Waals surface area contributed by atoms with Crippen molar-refractivity contribution in [3.8, 4) is 0 Å². The molecule has 0 saturated heterocycles. The molecule has 0 fully saturated rings. The van der Waals surface area contributed by atoms with Gasteiger partial charge in [-0.15, -0.1) is 12.4 Å². The molecule has 19 heavy (non-hydrogen) atoms. The fourth-order valence-corrected chi connectivity index (χ4v) is 0.479. The molecule has 11 heteroatoms. The molecule has 0 unspecified atom stereocenters. The average molecular weight is 295 g/mol. The van der Waals surface area contributed by atoms with Crippen LogP contribution in [0.25, 0.3) is 0 Å². The molecule has 0 aromatic rings. The lowest BCUT2D eigenvalue weighted by Crippen LogP contribution is -2.42. The molecule has 0 aromatic heterocycles. The zero-order chi connectivity index (χ0) is 14.9. The van der Waals surface area contributed by atoms with E-state index in [0.29, 0.717) is 0 Å². The van der Waals surface area contributed by atoms with Crippen LogP contribution in [0, 0.1) is 21.6 Å². The van der Waals surface area contributed by atoms with Crippen molar-refractivity contribution in [3.05, 3.63) is 0 Å². The van der Waals surface area contributed by atoms with Gasteiger partial charge in [0.05, 0.1) is 0 Å². The maximum Gasteiger partial charge on any atom is 0.197 e. The molecule has 0 saturated carbocycles. The van der Waals surface area contributed by atoms with Crippen molar-refractivity contribution in [2.75, 3.05) is 28.2 Å². The molecule has 10 N–H and O–H groups in total. The van der Waals surface area contributed by atoms with Crippen LogP contribution in [0.3, 0.4) is 0 Å². The molecule has 10 nitrogen and oxygen atoms in total. The molecule has 112 valence electrons. The van der Waals surface area contributed by atoms with Gasteiger partial charge in [-0.2, -0.15) is 0 Å². The number of nitrogens with two attached hydrogens (primary N) is 2. The lowest BCUT2D eigenvalue weighted by molar-refractivity contribution is 0.599. The van der Waals surface area contributed by atoms with Crippen molar-refractivity contribution >= 4 is 36.2 Å². The van der Waals surface area contributed by atoms with Gasteiger partial charge in [-0.25, -0.2) is 0 Å². The van der Waals surface area contributed by atoms with E-state index in [1.807, 2.05) is 0 Å². The summed E-state index contributed by atoms with van der Waals surface area (Å²) < 4.78 is 0. The van der Waals surface area contributed by atoms with Crippen LogP contribution >= 0.6 is 12.4 Å². The Kier molecular flexibility index (Phi) is 12.6. The fraction of sp³-hybridized carbons (Fsp3) is 0.500. The average Bonchev–Trinajstić information content (AvgIpc) is 2.16. The minimum atomic E-state index is -0.214. The summed E-state index contributed by atoms with van der Waals surface area (Å²) in [5, 5.41) is 32.2. The molecule has 0 bridgehead atoms. The first-order valence-corrected chi connectivity index (χ1v) is 4.81. The summed E-state index contributed by atoms with van der Waals surface area (Å²) in [5.74, 6) is -0.201. The summed E-state index contributed by atoms with van der Waals surface area (Å²) >= 11 is 0. The third-order valence-electron chi connectivity index (χ3n) is 1.40. The maximum atomic E-state index is 7.07. The van der Waals surface area contributed by atoms with Crippen molar-refractivity contribution in [2.45, 2.75) is 0 Å². The van der Waals surface area contributed by atoms with E-state index in [9.17, 15) is 0 Å². The molecule has 0 amide bonds. The first kappa shape index (κ1) is 22.0. The first-order chi connectivity index (χ1) is 8.07. The van der Waals surface area contributed by atoms with Gasteiger partial charge < -0.3 is 21.3 Å². The number of hydrogen-bond donors (Lipinski definition) is 8. The van der Waals surface area contributed by atoms with Crippen LogP contribution < -0.4 is 22.1 Å². The van der Waals surface area contributed by atoms with Crippen LogP contribution in [0.1, 0.15) is 0 Å². The Bertz CT molecular complexity index is 291. The van der Waals surface area contributed by atoms with Crippen molar-refractivity contribution < 1.29 is 0 Å². The molecular formula is C8H23ClN10. The molecule has 0 radical (unpaired) electrons. The molecule has 0 aliphatic heterocycles. The summed E-state index contributed by atoms with van der Waals surface area (Å²) in [5.41, 5.74) is 9.87. The number of rotatable bonds is 0. The predicted octanol–water partition coefficient (Wildman–Crippen LogP) is -1.65. The van der Waals surface area contributed by atoms with Crippen LogP contribution in [0.15, 0.2) is 0 Å². The van der Waals surface area contributed by atoms with E-state index in [1.165, 1.54) is 9.80 Å². The number of hydrogen-bond acceptors (Lipinski definition) is 4. The zero-order valence-electron chi connectivity index (χ0n) is 11.5. The fourth-order valence-electron chi connectivity index (χ4n) is 0.479. The first-order valence-electron chi connectivity index (χ1n) is 4.81. The number of nitrogens with one attached hydrogen (secondary N) is 6. The molecule has 0 heterocycles. The molecule has 0 atom stereocenters. The van der Waals surface area contributed by atoms with Crippen LogP contribution in [-0.4, -0.2) is 61.8 Å². The van der Waals surface area contributed by atoms with E-state index in [-0.39, 0.29) is 36.2 Å². The summed E-state index contributed by atoms with van der Waals surface area (Å²) in [6.45, 7) is 0. The zero-order valence-corrected chi connectivity index (χ0v) is 12.3. The Balaban J connectivity index is -0.000000256. The highest BCUT2D eigenvalue weighted by atomic mass is 35.5. The van der Waals surface area contributed by atoms with Crippen LogP contribution in [0.2, 0.25) is 0 Å². The summed E-state index contributed by atoms with van der Waals surface area (Å²) in [6.07, 6.45) is 0. The predicted molar refractivity (Wildman–Crippen MR) is 80.2 cm³/mol. The van der Waals surface area contributed by atoms with Gasteiger partial charge in [0.1, 0.15) is 0 Å². The highest BCUT2D eigenvalue weighted by molar-refractivity contribution is 5.95. The minimum Gasteiger partial charge on any atom is -0.370 e. The Morgan fingerprint density at radius 2 is 0.947 bits per heavy atom. The SMILES string of the molecule is CN(C)C(=N)NC(=N)N.CN(C)C(=N)NC(=N)N.Cl. The van der Waals surface area contributed by atoms with Gasteiger partial charge in [0.25, 0.3) is 0 Å². The van der Waals surface area contributed by atoms with Crippen molar-refractivity contribution in [1.29, 1.82) is 21.6 Å². The Labute approximate surface area is 118 Å². The molecule has 0 aliphatic rings. The lowest BCUT2D eigenvalue weighted by atomic mass is 10.8. The van der Waals surface area contributed by atoms with Crippen LogP contribution in [0.5, 0.6) is 0 Å². The highest BCUT2D eigenvalue weighted by Gasteiger charge is 1.96. The molecule has 0 aromatic carbocycles. The second-order valence-corrected chi connectivity index (χ2v) is 3.56. The summed E-state index contributed by atoms with van der Waals surface area (Å²) in [4.78, 5) is 3.03. The number of nitrogens with zero attached hydrogens (tertiary/aromatic N) is 2. The van der Waals surface area contributed by atoms with Gasteiger partial charge in [0, 0.05) is 28.2 Å². The van der Waals surface area contributed by atoms with Gasteiger partial charge in [-0.1, -0.05) is 0 Å². The summed E-state index contributed by atoms with van der Waals surface area (Å²) in [7, 11) is 6.77. The Morgan fingerprint density at radius 1 is 0.737 bits per heavy atom. The second-order valence-electron chi connectivity index (χ2n) is 3.56. The minimum absolute atomic E-state index is 0. The molecule has 0 spiro atoms. The van der Waals surface area contributed by atoms with Crippen molar-refractivity contribution in [3.63, 3.8) is 0 Å². The monoisotopic (exact) mass is 294 g/mol. The third kappa shape index (κ3) is 15.8. The Hall–Kier alpha value is -2.23. The topological polar surface area (TPSA) is 178 Å². The Morgan fingerprint density at radius 3 is 1.00 bits per heavy atom. The molecule has 0 rings (SSSR count). The van der Waals surface area contributed by atoms with Gasteiger partial charge in [0.15, 0.2) is 23.8 Å². The van der Waals surface area contributed by atoms with Gasteiger partial charge >= 0.3 is 0 Å². The van der Waals surface area contributed by atoms with Gasteiger partial charge in [-0.3, -0.25) is 32.3 Å². The van der Waals surface area contributed by atoms with E-state index in [2.05, 4.69) is 10.6 Å². The van der Waals surface area contributed by atoms with E-state index in [1.54, 1.807) is 28.2 Å². The van der Waals surface area contributed by atoms with Gasteiger partial charge in [0.2, 0.25) is 0 Å². The summed E-state index contributed by atoms with van der Waals surface area (Å²) in [6, 6.07) is 0. The van der Waals surface area contributed by atoms with Crippen molar-refractivity contribution in [2.24, 2.45) is 11.5 Å². The van der Waals surface area contributed by atoms with E-state index < -0.39 is 0 Å². The highest BCUT2D eigenvalue weighted by Crippen LogP contribution is 1.70. The smallest absolute Gasteiger partial charge is 0.197 e. The quantitative estimate of drug-likeness (QED) is 0.196. The van der Waals surface area contributed by atoms with E-state index >= 15 is 0 Å². The van der Waals surface area contributed by atoms with Crippen LogP contribution in [0.4, 0.5) is 0 Å².